The first-order valence-corrected chi connectivity index (χ1v) is 4.39. The highest BCUT2D eigenvalue weighted by Gasteiger charge is 2.26. The third-order valence-electron chi connectivity index (χ3n) is 1.84. The number of ketones is 1. The Morgan fingerprint density at radius 2 is 2.17 bits per heavy atom. The average Bonchev–Trinajstić information content (AvgIpc) is 2.03. The molecule has 1 aliphatic heterocycles. The molecule has 1 heterocycles. The molecule has 0 spiro atoms. The summed E-state index contributed by atoms with van der Waals surface area (Å²) < 4.78 is 5.28. The van der Waals surface area contributed by atoms with Crippen molar-refractivity contribution in [2.75, 3.05) is 6.61 Å². The van der Waals surface area contributed by atoms with E-state index in [4.69, 9.17) is 4.74 Å². The highest BCUT2D eigenvalue weighted by Crippen LogP contribution is 2.23. The minimum atomic E-state index is -0.316. The van der Waals surface area contributed by atoms with Gasteiger partial charge in [-0.25, -0.2) is 0 Å². The van der Waals surface area contributed by atoms with Crippen LogP contribution >= 0.6 is 0 Å². The van der Waals surface area contributed by atoms with Crippen molar-refractivity contribution in [1.82, 2.24) is 0 Å². The molecule has 0 aromatic heterocycles. The Hall–Kier alpha value is -0.790. The monoisotopic (exact) mass is 168 g/mol. The molecule has 2 nitrogen and oxygen atoms in total. The number of ether oxygens (including phenoxy) is 1. The molecule has 0 N–H and O–H groups in total. The normalized spacial score (nSPS) is 18.1. The molecule has 0 bridgehead atoms. The van der Waals surface area contributed by atoms with E-state index in [2.05, 4.69) is 0 Å². The summed E-state index contributed by atoms with van der Waals surface area (Å²) in [5.41, 5.74) is -0.316. The summed E-state index contributed by atoms with van der Waals surface area (Å²) in [5.74, 6) is 0.677. The second-order valence-corrected chi connectivity index (χ2v) is 4.14. The Bertz CT molecular complexity index is 208. The number of carbonyl (C=O) groups is 1. The zero-order chi connectivity index (χ0) is 9.19. The van der Waals surface area contributed by atoms with E-state index in [1.165, 1.54) is 0 Å². The summed E-state index contributed by atoms with van der Waals surface area (Å²) in [5, 5.41) is 0. The fourth-order valence-electron chi connectivity index (χ4n) is 1.09. The summed E-state index contributed by atoms with van der Waals surface area (Å²) in [6.45, 7) is 6.42. The van der Waals surface area contributed by atoms with Crippen LogP contribution in [0.15, 0.2) is 11.8 Å². The second-order valence-electron chi connectivity index (χ2n) is 4.14. The average molecular weight is 168 g/mol. The molecular weight excluding hydrogens is 152 g/mol. The predicted molar refractivity (Wildman–Crippen MR) is 47.7 cm³/mol. The predicted octanol–water partition coefficient (Wildman–Crippen LogP) is 2.30. The van der Waals surface area contributed by atoms with E-state index in [-0.39, 0.29) is 11.2 Å². The van der Waals surface area contributed by atoms with E-state index >= 15 is 0 Å². The van der Waals surface area contributed by atoms with Gasteiger partial charge in [-0.15, -0.1) is 0 Å². The molecule has 0 amide bonds. The van der Waals surface area contributed by atoms with Gasteiger partial charge in [-0.3, -0.25) is 4.79 Å². The molecule has 0 saturated carbocycles. The molecule has 68 valence electrons. The van der Waals surface area contributed by atoms with Gasteiger partial charge in [0, 0.05) is 5.41 Å². The van der Waals surface area contributed by atoms with Crippen LogP contribution in [-0.2, 0) is 9.53 Å². The van der Waals surface area contributed by atoms with Crippen LogP contribution in [-0.4, -0.2) is 12.4 Å². The standard InChI is InChI=1S/C10H16O2/c1-10(2,3)9(11)8-6-4-5-7-12-8/h6H,4-5,7H2,1-3H3. The minimum Gasteiger partial charge on any atom is -0.490 e. The van der Waals surface area contributed by atoms with Crippen LogP contribution < -0.4 is 0 Å². The van der Waals surface area contributed by atoms with Gasteiger partial charge >= 0.3 is 0 Å². The zero-order valence-electron chi connectivity index (χ0n) is 8.02. The Balaban J connectivity index is 2.70. The van der Waals surface area contributed by atoms with Crippen LogP contribution in [0.3, 0.4) is 0 Å². The quantitative estimate of drug-likeness (QED) is 0.600. The van der Waals surface area contributed by atoms with Crippen LogP contribution in [0.1, 0.15) is 33.6 Å². The molecule has 0 atom stereocenters. The smallest absolute Gasteiger partial charge is 0.202 e. The summed E-state index contributed by atoms with van der Waals surface area (Å²) in [6.07, 6.45) is 3.90. The number of hydrogen-bond acceptors (Lipinski definition) is 2. The number of rotatable bonds is 1. The molecule has 1 aliphatic rings. The summed E-state index contributed by atoms with van der Waals surface area (Å²) in [4.78, 5) is 11.6. The van der Waals surface area contributed by atoms with Gasteiger partial charge in [-0.1, -0.05) is 20.8 Å². The third kappa shape index (κ3) is 2.10. The molecule has 0 aliphatic carbocycles. The molecule has 0 saturated heterocycles. The van der Waals surface area contributed by atoms with E-state index < -0.39 is 0 Å². The van der Waals surface area contributed by atoms with Crippen LogP contribution in [0, 0.1) is 5.41 Å². The Morgan fingerprint density at radius 3 is 2.58 bits per heavy atom. The Labute approximate surface area is 73.6 Å². The number of hydrogen-bond donors (Lipinski definition) is 0. The number of allylic oxidation sites excluding steroid dienone is 2. The number of Topliss-reactive ketones (excluding diaryl/α,β-unsaturated/α-hetero) is 1. The van der Waals surface area contributed by atoms with E-state index in [1.54, 1.807) is 0 Å². The van der Waals surface area contributed by atoms with Gasteiger partial charge in [-0.2, -0.15) is 0 Å². The van der Waals surface area contributed by atoms with E-state index in [0.29, 0.717) is 12.4 Å². The molecule has 12 heavy (non-hydrogen) atoms. The lowest BCUT2D eigenvalue weighted by Gasteiger charge is -2.21. The Kier molecular flexibility index (Phi) is 2.55. The third-order valence-corrected chi connectivity index (χ3v) is 1.84. The van der Waals surface area contributed by atoms with Gasteiger partial charge in [0.25, 0.3) is 0 Å². The zero-order valence-corrected chi connectivity index (χ0v) is 8.02. The van der Waals surface area contributed by atoms with Gasteiger partial charge in [0.15, 0.2) is 5.76 Å². The highest BCUT2D eigenvalue weighted by atomic mass is 16.5. The van der Waals surface area contributed by atoms with Crippen molar-refractivity contribution in [3.05, 3.63) is 11.8 Å². The summed E-state index contributed by atoms with van der Waals surface area (Å²) in [6, 6.07) is 0. The van der Waals surface area contributed by atoms with E-state index in [0.717, 1.165) is 12.8 Å². The molecule has 0 unspecified atom stereocenters. The molecule has 0 aromatic carbocycles. The topological polar surface area (TPSA) is 26.3 Å². The maximum Gasteiger partial charge on any atom is 0.202 e. The van der Waals surface area contributed by atoms with Gasteiger partial charge < -0.3 is 4.74 Å². The van der Waals surface area contributed by atoms with Crippen LogP contribution in [0.2, 0.25) is 0 Å². The lowest BCUT2D eigenvalue weighted by Crippen LogP contribution is -2.24. The van der Waals surface area contributed by atoms with Crippen molar-refractivity contribution in [3.63, 3.8) is 0 Å². The lowest BCUT2D eigenvalue weighted by atomic mass is 9.89. The van der Waals surface area contributed by atoms with Crippen molar-refractivity contribution in [1.29, 1.82) is 0 Å². The second kappa shape index (κ2) is 3.30. The summed E-state index contributed by atoms with van der Waals surface area (Å²) >= 11 is 0. The first-order chi connectivity index (χ1) is 5.52. The molecule has 0 fully saturated rings. The molecule has 1 rings (SSSR count). The SMILES string of the molecule is CC(C)(C)C(=O)C1=CCCCO1. The number of carbonyl (C=O) groups excluding carboxylic acids is 1. The highest BCUT2D eigenvalue weighted by molar-refractivity contribution is 5.97. The minimum absolute atomic E-state index is 0.113. The van der Waals surface area contributed by atoms with E-state index in [9.17, 15) is 4.79 Å². The molecular formula is C10H16O2. The maximum absolute atomic E-state index is 11.6. The van der Waals surface area contributed by atoms with Crippen molar-refractivity contribution >= 4 is 5.78 Å². The van der Waals surface area contributed by atoms with Crippen LogP contribution in [0.4, 0.5) is 0 Å². The largest absolute Gasteiger partial charge is 0.490 e. The molecule has 0 radical (unpaired) electrons. The van der Waals surface area contributed by atoms with E-state index in [1.807, 2.05) is 26.8 Å². The van der Waals surface area contributed by atoms with Gasteiger partial charge in [0.05, 0.1) is 6.61 Å². The molecule has 2 heteroatoms. The Morgan fingerprint density at radius 1 is 1.50 bits per heavy atom. The van der Waals surface area contributed by atoms with Crippen LogP contribution in [0.5, 0.6) is 0 Å². The first kappa shape index (κ1) is 9.30. The van der Waals surface area contributed by atoms with Gasteiger partial charge in [-0.05, 0) is 18.9 Å². The van der Waals surface area contributed by atoms with Crippen molar-refractivity contribution < 1.29 is 9.53 Å². The molecule has 0 aromatic rings. The maximum atomic E-state index is 11.6. The van der Waals surface area contributed by atoms with Gasteiger partial charge in [0.2, 0.25) is 5.78 Å². The fraction of sp³-hybridized carbons (Fsp3) is 0.700. The van der Waals surface area contributed by atoms with Crippen molar-refractivity contribution in [3.8, 4) is 0 Å². The first-order valence-electron chi connectivity index (χ1n) is 4.39. The van der Waals surface area contributed by atoms with Crippen molar-refractivity contribution in [2.24, 2.45) is 5.41 Å². The fourth-order valence-corrected chi connectivity index (χ4v) is 1.09. The lowest BCUT2D eigenvalue weighted by molar-refractivity contribution is -0.126. The van der Waals surface area contributed by atoms with Gasteiger partial charge in [0.1, 0.15) is 0 Å². The van der Waals surface area contributed by atoms with Crippen molar-refractivity contribution in [2.45, 2.75) is 33.6 Å². The van der Waals surface area contributed by atoms with Crippen LogP contribution in [0.25, 0.3) is 0 Å². The summed E-state index contributed by atoms with van der Waals surface area (Å²) in [7, 11) is 0.